The van der Waals surface area contributed by atoms with E-state index in [0.717, 1.165) is 57.7 Å². The SMILES string of the molecule is CC(C)C[C@@H](CN(C)C)N(Cc1cccc(CN2CCCO2)c1)Cc1ccccc1O. The molecule has 0 spiro atoms. The first-order valence-electron chi connectivity index (χ1n) is 11.5. The molecule has 1 saturated heterocycles. The zero-order chi connectivity index (χ0) is 22.2. The van der Waals surface area contributed by atoms with Crippen LogP contribution in [-0.4, -0.2) is 59.8 Å². The van der Waals surface area contributed by atoms with E-state index in [1.807, 2.05) is 18.2 Å². The third kappa shape index (κ3) is 7.62. The Kier molecular flexibility index (Phi) is 8.90. The summed E-state index contributed by atoms with van der Waals surface area (Å²) in [6.07, 6.45) is 2.22. The highest BCUT2D eigenvalue weighted by Crippen LogP contribution is 2.24. The van der Waals surface area contributed by atoms with Crippen LogP contribution in [0.5, 0.6) is 5.75 Å². The summed E-state index contributed by atoms with van der Waals surface area (Å²) in [5, 5.41) is 12.5. The first kappa shape index (κ1) is 23.7. The highest BCUT2D eigenvalue weighted by molar-refractivity contribution is 5.32. The molecule has 0 aliphatic carbocycles. The Balaban J connectivity index is 1.81. The molecule has 3 rings (SSSR count). The number of hydroxylamine groups is 2. The molecule has 2 aromatic carbocycles. The van der Waals surface area contributed by atoms with Gasteiger partial charge in [-0.3, -0.25) is 9.74 Å². The molecule has 1 aliphatic heterocycles. The number of benzene rings is 2. The molecule has 1 atom stereocenters. The zero-order valence-electron chi connectivity index (χ0n) is 19.6. The molecule has 31 heavy (non-hydrogen) atoms. The minimum atomic E-state index is 0.376. The van der Waals surface area contributed by atoms with Crippen LogP contribution in [0.25, 0.3) is 0 Å². The lowest BCUT2D eigenvalue weighted by Crippen LogP contribution is -2.42. The van der Waals surface area contributed by atoms with Crippen LogP contribution in [0.15, 0.2) is 48.5 Å². The normalized spacial score (nSPS) is 16.0. The monoisotopic (exact) mass is 425 g/mol. The lowest BCUT2D eigenvalue weighted by Gasteiger charge is -2.35. The van der Waals surface area contributed by atoms with Crippen molar-refractivity contribution in [1.29, 1.82) is 0 Å². The molecule has 170 valence electrons. The number of nitrogens with zero attached hydrogens (tertiary/aromatic N) is 3. The van der Waals surface area contributed by atoms with Crippen molar-refractivity contribution < 1.29 is 9.94 Å². The Morgan fingerprint density at radius 3 is 2.48 bits per heavy atom. The maximum Gasteiger partial charge on any atom is 0.120 e. The van der Waals surface area contributed by atoms with E-state index in [0.29, 0.717) is 17.7 Å². The number of hydrogen-bond donors (Lipinski definition) is 1. The van der Waals surface area contributed by atoms with Crippen LogP contribution in [0, 0.1) is 5.92 Å². The van der Waals surface area contributed by atoms with Crippen LogP contribution in [0.3, 0.4) is 0 Å². The summed E-state index contributed by atoms with van der Waals surface area (Å²) >= 11 is 0. The van der Waals surface area contributed by atoms with Crippen molar-refractivity contribution in [3.05, 3.63) is 65.2 Å². The van der Waals surface area contributed by atoms with Gasteiger partial charge in [-0.2, -0.15) is 5.06 Å². The average Bonchev–Trinajstić information content (AvgIpc) is 3.21. The smallest absolute Gasteiger partial charge is 0.120 e. The van der Waals surface area contributed by atoms with Gasteiger partial charge >= 0.3 is 0 Å². The van der Waals surface area contributed by atoms with Gasteiger partial charge in [0, 0.05) is 44.3 Å². The van der Waals surface area contributed by atoms with Crippen molar-refractivity contribution in [2.45, 2.75) is 52.4 Å². The Morgan fingerprint density at radius 1 is 1.03 bits per heavy atom. The molecule has 2 aromatic rings. The molecule has 0 amide bonds. The molecule has 1 heterocycles. The van der Waals surface area contributed by atoms with Gasteiger partial charge in [0.1, 0.15) is 5.75 Å². The number of para-hydroxylation sites is 1. The second-order valence-electron chi connectivity index (χ2n) is 9.45. The minimum absolute atomic E-state index is 0.376. The van der Waals surface area contributed by atoms with Gasteiger partial charge in [-0.1, -0.05) is 56.3 Å². The van der Waals surface area contributed by atoms with Crippen LogP contribution in [-0.2, 0) is 24.5 Å². The fourth-order valence-electron chi connectivity index (χ4n) is 4.37. The number of rotatable bonds is 11. The summed E-state index contributed by atoms with van der Waals surface area (Å²) in [4.78, 5) is 10.5. The average molecular weight is 426 g/mol. The molecule has 1 aliphatic rings. The van der Waals surface area contributed by atoms with E-state index >= 15 is 0 Å². The van der Waals surface area contributed by atoms with Gasteiger partial charge in [0.25, 0.3) is 0 Å². The predicted molar refractivity (Wildman–Crippen MR) is 127 cm³/mol. The van der Waals surface area contributed by atoms with Gasteiger partial charge < -0.3 is 10.0 Å². The van der Waals surface area contributed by atoms with Crippen LogP contribution in [0.1, 0.15) is 43.4 Å². The Bertz CT molecular complexity index is 793. The number of phenolic OH excluding ortho intramolecular Hbond substituents is 1. The van der Waals surface area contributed by atoms with E-state index in [-0.39, 0.29) is 0 Å². The first-order chi connectivity index (χ1) is 14.9. The van der Waals surface area contributed by atoms with Gasteiger partial charge in [0.2, 0.25) is 0 Å². The zero-order valence-corrected chi connectivity index (χ0v) is 19.6. The van der Waals surface area contributed by atoms with Crippen molar-refractivity contribution in [2.24, 2.45) is 5.92 Å². The van der Waals surface area contributed by atoms with Gasteiger partial charge in [-0.15, -0.1) is 0 Å². The topological polar surface area (TPSA) is 39.2 Å². The van der Waals surface area contributed by atoms with Crippen LogP contribution < -0.4 is 0 Å². The fourth-order valence-corrected chi connectivity index (χ4v) is 4.37. The summed E-state index contributed by atoms with van der Waals surface area (Å²) in [5.41, 5.74) is 3.58. The molecule has 1 N–H and O–H groups in total. The van der Waals surface area contributed by atoms with E-state index in [2.05, 4.69) is 67.1 Å². The minimum Gasteiger partial charge on any atom is -0.508 e. The highest BCUT2D eigenvalue weighted by Gasteiger charge is 2.22. The molecule has 5 nitrogen and oxygen atoms in total. The summed E-state index contributed by atoms with van der Waals surface area (Å²) in [6.45, 7) is 9.83. The van der Waals surface area contributed by atoms with Crippen molar-refractivity contribution in [2.75, 3.05) is 33.8 Å². The van der Waals surface area contributed by atoms with Crippen molar-refractivity contribution >= 4 is 0 Å². The Morgan fingerprint density at radius 2 is 1.81 bits per heavy atom. The lowest BCUT2D eigenvalue weighted by atomic mass is 9.99. The standard InChI is InChI=1S/C26H39N3O2/c1-21(2)15-25(20-27(3)4)28(19-24-11-5-6-12-26(24)30)17-22-9-7-10-23(16-22)18-29-13-8-14-31-29/h5-7,9-12,16,21,25,30H,8,13-15,17-20H2,1-4H3/t25-/m0/s1. The van der Waals surface area contributed by atoms with E-state index in [1.165, 1.54) is 11.1 Å². The van der Waals surface area contributed by atoms with Gasteiger partial charge in [0.05, 0.1) is 6.61 Å². The van der Waals surface area contributed by atoms with Crippen LogP contribution >= 0.6 is 0 Å². The third-order valence-corrected chi connectivity index (χ3v) is 5.76. The van der Waals surface area contributed by atoms with Gasteiger partial charge in [-0.05, 0) is 50.0 Å². The summed E-state index contributed by atoms with van der Waals surface area (Å²) in [7, 11) is 4.28. The largest absolute Gasteiger partial charge is 0.508 e. The quantitative estimate of drug-likeness (QED) is 0.574. The summed E-state index contributed by atoms with van der Waals surface area (Å²) in [5.74, 6) is 0.982. The summed E-state index contributed by atoms with van der Waals surface area (Å²) < 4.78 is 0. The lowest BCUT2D eigenvalue weighted by molar-refractivity contribution is -0.117. The fraction of sp³-hybridized carbons (Fsp3) is 0.538. The van der Waals surface area contributed by atoms with Crippen LogP contribution in [0.2, 0.25) is 0 Å². The molecule has 0 unspecified atom stereocenters. The van der Waals surface area contributed by atoms with E-state index in [1.54, 1.807) is 6.07 Å². The third-order valence-electron chi connectivity index (χ3n) is 5.76. The maximum absolute atomic E-state index is 10.4. The molecule has 0 radical (unpaired) electrons. The molecule has 0 saturated carbocycles. The van der Waals surface area contributed by atoms with Gasteiger partial charge in [0.15, 0.2) is 0 Å². The molecular formula is C26H39N3O2. The van der Waals surface area contributed by atoms with Gasteiger partial charge in [-0.25, -0.2) is 0 Å². The Labute approximate surface area is 188 Å². The van der Waals surface area contributed by atoms with Crippen molar-refractivity contribution in [3.63, 3.8) is 0 Å². The number of likely N-dealkylation sites (N-methyl/N-ethyl adjacent to an activating group) is 1. The highest BCUT2D eigenvalue weighted by atomic mass is 16.7. The Hall–Kier alpha value is -1.92. The molecule has 0 bridgehead atoms. The van der Waals surface area contributed by atoms with Crippen molar-refractivity contribution in [1.82, 2.24) is 14.9 Å². The predicted octanol–water partition coefficient (Wildman–Crippen LogP) is 4.51. The maximum atomic E-state index is 10.4. The number of phenols is 1. The molecule has 5 heteroatoms. The first-order valence-corrected chi connectivity index (χ1v) is 11.5. The second-order valence-corrected chi connectivity index (χ2v) is 9.45. The van der Waals surface area contributed by atoms with E-state index in [9.17, 15) is 5.11 Å². The number of hydrogen-bond acceptors (Lipinski definition) is 5. The number of aromatic hydroxyl groups is 1. The van der Waals surface area contributed by atoms with Crippen LogP contribution in [0.4, 0.5) is 0 Å². The van der Waals surface area contributed by atoms with Crippen molar-refractivity contribution in [3.8, 4) is 5.75 Å². The molecule has 0 aromatic heterocycles. The summed E-state index contributed by atoms with van der Waals surface area (Å²) in [6, 6.07) is 17.0. The molecule has 1 fully saturated rings. The van der Waals surface area contributed by atoms with E-state index in [4.69, 9.17) is 4.84 Å². The van der Waals surface area contributed by atoms with E-state index < -0.39 is 0 Å². The second kappa shape index (κ2) is 11.6. The molecular weight excluding hydrogens is 386 g/mol.